The molecule has 0 bridgehead atoms. The lowest BCUT2D eigenvalue weighted by Crippen LogP contribution is -2.52. The van der Waals surface area contributed by atoms with Crippen LogP contribution in [0.2, 0.25) is 36.3 Å². The van der Waals surface area contributed by atoms with Gasteiger partial charge < -0.3 is 23.1 Å². The number of esters is 1. The Labute approximate surface area is 229 Å². The van der Waals surface area contributed by atoms with E-state index < -0.39 is 46.7 Å². The quantitative estimate of drug-likeness (QED) is 0.107. The summed E-state index contributed by atoms with van der Waals surface area (Å²) in [6.45, 7) is 35.5. The Morgan fingerprint density at radius 3 is 1.86 bits per heavy atom. The Morgan fingerprint density at radius 1 is 0.919 bits per heavy atom. The summed E-state index contributed by atoms with van der Waals surface area (Å²) in [5, 5.41) is 0.0538. The number of hydrogen-bond donors (Lipinski definition) is 0. The van der Waals surface area contributed by atoms with Gasteiger partial charge in [-0.1, -0.05) is 60.3 Å². The predicted molar refractivity (Wildman–Crippen MR) is 158 cm³/mol. The fourth-order valence-electron chi connectivity index (χ4n) is 3.64. The van der Waals surface area contributed by atoms with Crippen LogP contribution in [-0.2, 0) is 27.9 Å². The number of ether oxygens (including phenoxy) is 3. The smallest absolute Gasteiger partial charge is 0.330 e. The lowest BCUT2D eigenvalue weighted by Gasteiger charge is -2.42. The molecule has 1 heterocycles. The molecular formula is C29H54O6Si2. The SMILES string of the molecule is C=CC[C@H](/C=C\[C@H](O[Si](C)(C)C(C)(C)C)[C@@H]1OC(C)(C)O[C@H]1[C@H](C)O[Si](C)(C)C(C)(C)C)OC(=O)C=C. The van der Waals surface area contributed by atoms with E-state index in [0.717, 1.165) is 0 Å². The van der Waals surface area contributed by atoms with Gasteiger partial charge in [-0.2, -0.15) is 0 Å². The van der Waals surface area contributed by atoms with Crippen molar-refractivity contribution in [3.05, 3.63) is 37.5 Å². The van der Waals surface area contributed by atoms with E-state index in [1.54, 1.807) is 6.08 Å². The first-order valence-corrected chi connectivity index (χ1v) is 19.2. The van der Waals surface area contributed by atoms with Crippen LogP contribution in [0.4, 0.5) is 0 Å². The molecule has 0 amide bonds. The minimum Gasteiger partial charge on any atom is -0.455 e. The molecule has 214 valence electrons. The molecule has 1 aliphatic rings. The van der Waals surface area contributed by atoms with Gasteiger partial charge in [0.15, 0.2) is 22.4 Å². The van der Waals surface area contributed by atoms with Gasteiger partial charge in [0, 0.05) is 12.5 Å². The van der Waals surface area contributed by atoms with Crippen LogP contribution in [0, 0.1) is 0 Å². The van der Waals surface area contributed by atoms with Crippen LogP contribution in [0.3, 0.4) is 0 Å². The average molecular weight is 555 g/mol. The van der Waals surface area contributed by atoms with Crippen LogP contribution >= 0.6 is 0 Å². The zero-order chi connectivity index (χ0) is 29.0. The van der Waals surface area contributed by atoms with Crippen LogP contribution in [0.15, 0.2) is 37.5 Å². The minimum atomic E-state index is -2.22. The van der Waals surface area contributed by atoms with Crippen molar-refractivity contribution < 1.29 is 27.9 Å². The second-order valence-corrected chi connectivity index (χ2v) is 23.1. The first kappa shape index (κ1) is 34.0. The Hall–Kier alpha value is -1.04. The summed E-state index contributed by atoms with van der Waals surface area (Å²) in [4.78, 5) is 11.9. The van der Waals surface area contributed by atoms with Crippen molar-refractivity contribution in [3.63, 3.8) is 0 Å². The summed E-state index contributed by atoms with van der Waals surface area (Å²) in [5.74, 6) is -1.27. The van der Waals surface area contributed by atoms with Gasteiger partial charge in [-0.15, -0.1) is 6.58 Å². The lowest BCUT2D eigenvalue weighted by molar-refractivity contribution is -0.157. The molecule has 1 rings (SSSR count). The molecule has 0 aromatic heterocycles. The molecular weight excluding hydrogens is 500 g/mol. The van der Waals surface area contributed by atoms with E-state index >= 15 is 0 Å². The van der Waals surface area contributed by atoms with Gasteiger partial charge in [-0.25, -0.2) is 4.79 Å². The maximum atomic E-state index is 11.9. The fraction of sp³-hybridized carbons (Fsp3) is 0.759. The first-order chi connectivity index (χ1) is 16.6. The van der Waals surface area contributed by atoms with Crippen molar-refractivity contribution in [2.75, 3.05) is 0 Å². The van der Waals surface area contributed by atoms with Gasteiger partial charge in [0.25, 0.3) is 0 Å². The molecule has 0 aromatic carbocycles. The molecule has 1 aliphatic heterocycles. The van der Waals surface area contributed by atoms with Crippen LogP contribution in [0.1, 0.15) is 68.7 Å². The normalized spacial score (nSPS) is 23.5. The summed E-state index contributed by atoms with van der Waals surface area (Å²) < 4.78 is 32.2. The molecule has 6 nitrogen and oxygen atoms in total. The van der Waals surface area contributed by atoms with E-state index in [1.807, 2.05) is 26.0 Å². The average Bonchev–Trinajstić information content (AvgIpc) is 3.04. The molecule has 0 aromatic rings. The molecule has 0 unspecified atom stereocenters. The summed E-state index contributed by atoms with van der Waals surface area (Å²) in [6, 6.07) is 0. The zero-order valence-electron chi connectivity index (χ0n) is 25.8. The van der Waals surface area contributed by atoms with Gasteiger partial charge in [-0.3, -0.25) is 0 Å². The lowest BCUT2D eigenvalue weighted by atomic mass is 10.0. The maximum Gasteiger partial charge on any atom is 0.330 e. The van der Waals surface area contributed by atoms with E-state index in [4.69, 9.17) is 23.1 Å². The largest absolute Gasteiger partial charge is 0.455 e. The van der Waals surface area contributed by atoms with Crippen molar-refractivity contribution >= 4 is 22.6 Å². The third-order valence-corrected chi connectivity index (χ3v) is 16.9. The molecule has 0 saturated carbocycles. The van der Waals surface area contributed by atoms with Gasteiger partial charge >= 0.3 is 5.97 Å². The van der Waals surface area contributed by atoms with Crippen molar-refractivity contribution in [2.24, 2.45) is 0 Å². The summed E-state index contributed by atoms with van der Waals surface area (Å²) in [7, 11) is -4.27. The topological polar surface area (TPSA) is 63.2 Å². The van der Waals surface area contributed by atoms with Gasteiger partial charge in [0.1, 0.15) is 18.3 Å². The molecule has 0 aliphatic carbocycles. The van der Waals surface area contributed by atoms with Crippen LogP contribution in [-0.4, -0.2) is 58.9 Å². The molecule has 37 heavy (non-hydrogen) atoms. The summed E-state index contributed by atoms with van der Waals surface area (Å²) in [6.07, 6.45) is 5.36. The van der Waals surface area contributed by atoms with Gasteiger partial charge in [-0.05, 0) is 63.1 Å². The first-order valence-electron chi connectivity index (χ1n) is 13.4. The molecule has 0 radical (unpaired) electrons. The van der Waals surface area contributed by atoms with Gasteiger partial charge in [0.2, 0.25) is 0 Å². The van der Waals surface area contributed by atoms with Crippen LogP contribution in [0.25, 0.3) is 0 Å². The number of rotatable bonds is 12. The maximum absolute atomic E-state index is 11.9. The molecule has 1 fully saturated rings. The second kappa shape index (κ2) is 12.4. The molecule has 0 spiro atoms. The Kier molecular flexibility index (Phi) is 11.4. The standard InChI is InChI=1S/C29H54O6Si2/c1-16-18-22(31-24(30)17-2)19-20-23(35-37(14,15)28(7,8)9)26-25(32-29(10,11)33-26)21(3)34-36(12,13)27(4,5)6/h16-17,19-23,25-26H,1-2,18H2,3-15H3/b20-19-/t21-,22+,23-,25-,26-/m0/s1. The minimum absolute atomic E-state index is 0.0113. The van der Waals surface area contributed by atoms with Crippen molar-refractivity contribution in [3.8, 4) is 0 Å². The highest BCUT2D eigenvalue weighted by molar-refractivity contribution is 6.74. The molecule has 5 atom stereocenters. The number of carbonyl (C=O) groups excluding carboxylic acids is 1. The Morgan fingerprint density at radius 2 is 1.41 bits per heavy atom. The fourth-order valence-corrected chi connectivity index (χ4v) is 6.30. The van der Waals surface area contributed by atoms with Gasteiger partial charge in [0.05, 0.1) is 12.2 Å². The predicted octanol–water partition coefficient (Wildman–Crippen LogP) is 7.54. The van der Waals surface area contributed by atoms with Crippen molar-refractivity contribution in [2.45, 2.75) is 141 Å². The zero-order valence-corrected chi connectivity index (χ0v) is 27.8. The monoisotopic (exact) mass is 554 g/mol. The molecule has 1 saturated heterocycles. The highest BCUT2D eigenvalue weighted by atomic mass is 28.4. The van der Waals surface area contributed by atoms with Crippen molar-refractivity contribution in [1.29, 1.82) is 0 Å². The van der Waals surface area contributed by atoms with E-state index in [1.165, 1.54) is 6.08 Å². The van der Waals surface area contributed by atoms with E-state index in [2.05, 4.69) is 87.8 Å². The summed E-state index contributed by atoms with van der Waals surface area (Å²) in [5.41, 5.74) is 0. The van der Waals surface area contributed by atoms with E-state index in [0.29, 0.717) is 6.42 Å². The van der Waals surface area contributed by atoms with Crippen LogP contribution < -0.4 is 0 Å². The van der Waals surface area contributed by atoms with E-state index in [-0.39, 0.29) is 22.3 Å². The van der Waals surface area contributed by atoms with Crippen LogP contribution in [0.5, 0.6) is 0 Å². The summed E-state index contributed by atoms with van der Waals surface area (Å²) >= 11 is 0. The highest BCUT2D eigenvalue weighted by Gasteiger charge is 2.51. The molecule has 8 heteroatoms. The van der Waals surface area contributed by atoms with E-state index in [9.17, 15) is 4.79 Å². The Balaban J connectivity index is 3.46. The number of hydrogen-bond acceptors (Lipinski definition) is 6. The molecule has 0 N–H and O–H groups in total. The highest BCUT2D eigenvalue weighted by Crippen LogP contribution is 2.43. The number of carbonyl (C=O) groups is 1. The van der Waals surface area contributed by atoms with Crippen molar-refractivity contribution in [1.82, 2.24) is 0 Å². The third-order valence-electron chi connectivity index (χ3n) is 7.82. The Bertz CT molecular complexity index is 819. The second-order valence-electron chi connectivity index (χ2n) is 13.6. The third kappa shape index (κ3) is 9.58.